The molecule has 2 aromatic rings. The van der Waals surface area contributed by atoms with Crippen molar-refractivity contribution in [3.63, 3.8) is 0 Å². The summed E-state index contributed by atoms with van der Waals surface area (Å²) in [6.07, 6.45) is 5.24. The molecule has 0 saturated heterocycles. The van der Waals surface area contributed by atoms with Crippen LogP contribution >= 0.6 is 0 Å². The second kappa shape index (κ2) is 4.11. The van der Waals surface area contributed by atoms with E-state index in [0.717, 1.165) is 12.8 Å². The quantitative estimate of drug-likeness (QED) is 0.889. The molecule has 1 aromatic heterocycles. The molecule has 1 aliphatic rings. The Kier molecular flexibility index (Phi) is 2.45. The van der Waals surface area contributed by atoms with Gasteiger partial charge in [-0.3, -0.25) is 0 Å². The minimum absolute atomic E-state index is 0.0184. The van der Waals surface area contributed by atoms with Gasteiger partial charge in [-0.1, -0.05) is 30.3 Å². The van der Waals surface area contributed by atoms with Gasteiger partial charge in [-0.25, -0.2) is 9.97 Å². The average molecular weight is 236 g/mol. The van der Waals surface area contributed by atoms with Gasteiger partial charge in [-0.2, -0.15) is 5.26 Å². The van der Waals surface area contributed by atoms with E-state index >= 15 is 0 Å². The summed E-state index contributed by atoms with van der Waals surface area (Å²) < 4.78 is 0. The third kappa shape index (κ3) is 1.91. The Bertz CT molecular complexity index is 579. The molecule has 4 heteroatoms. The Morgan fingerprint density at radius 3 is 2.33 bits per heavy atom. The first-order chi connectivity index (χ1) is 8.82. The molecule has 3 rings (SSSR count). The van der Waals surface area contributed by atoms with Gasteiger partial charge in [0, 0.05) is 0 Å². The Morgan fingerprint density at radius 2 is 1.78 bits per heavy atom. The smallest absolute Gasteiger partial charge is 0.223 e. The molecule has 0 radical (unpaired) electrons. The highest BCUT2D eigenvalue weighted by molar-refractivity contribution is 5.42. The van der Waals surface area contributed by atoms with Crippen LogP contribution in [0, 0.1) is 11.3 Å². The lowest BCUT2D eigenvalue weighted by Gasteiger charge is -2.17. The molecule has 1 fully saturated rings. The molecule has 1 saturated carbocycles. The first-order valence-corrected chi connectivity index (χ1v) is 5.88. The van der Waals surface area contributed by atoms with Crippen LogP contribution in [0.25, 0.3) is 0 Å². The number of hydrogen-bond donors (Lipinski definition) is 1. The van der Waals surface area contributed by atoms with Crippen LogP contribution in [0.4, 0.5) is 5.95 Å². The fourth-order valence-electron chi connectivity index (χ4n) is 2.03. The number of anilines is 1. The number of aromatic nitrogens is 2. The van der Waals surface area contributed by atoms with E-state index in [1.165, 1.54) is 18.0 Å². The summed E-state index contributed by atoms with van der Waals surface area (Å²) in [5.74, 6) is 0.579. The summed E-state index contributed by atoms with van der Waals surface area (Å²) in [6, 6.07) is 12.3. The van der Waals surface area contributed by atoms with Crippen molar-refractivity contribution < 1.29 is 0 Å². The monoisotopic (exact) mass is 236 g/mol. The van der Waals surface area contributed by atoms with Crippen LogP contribution in [0.3, 0.4) is 0 Å². The lowest BCUT2D eigenvalue weighted by molar-refractivity contribution is 0.789. The van der Waals surface area contributed by atoms with E-state index in [0.29, 0.717) is 11.5 Å². The number of hydrogen-bond acceptors (Lipinski definition) is 4. The molecule has 88 valence electrons. The summed E-state index contributed by atoms with van der Waals surface area (Å²) in [5.41, 5.74) is 1.72. The van der Waals surface area contributed by atoms with Gasteiger partial charge in [-0.05, 0) is 18.4 Å². The maximum atomic E-state index is 8.70. The second-order valence-electron chi connectivity index (χ2n) is 4.48. The first kappa shape index (κ1) is 10.7. The van der Waals surface area contributed by atoms with E-state index in [1.807, 2.05) is 24.3 Å². The number of nitrogens with one attached hydrogen (secondary N) is 1. The van der Waals surface area contributed by atoms with Crippen LogP contribution in [0.5, 0.6) is 0 Å². The van der Waals surface area contributed by atoms with E-state index < -0.39 is 0 Å². The fraction of sp³-hybridized carbons (Fsp3) is 0.214. The number of nitriles is 1. The highest BCUT2D eigenvalue weighted by atomic mass is 15.2. The van der Waals surface area contributed by atoms with Crippen LogP contribution in [0.1, 0.15) is 24.0 Å². The minimum Gasteiger partial charge on any atom is -0.345 e. The van der Waals surface area contributed by atoms with Gasteiger partial charge in [0.15, 0.2) is 0 Å². The predicted octanol–water partition coefficient (Wildman–Crippen LogP) is 2.45. The lowest BCUT2D eigenvalue weighted by Crippen LogP contribution is -2.20. The van der Waals surface area contributed by atoms with Gasteiger partial charge in [0.1, 0.15) is 6.07 Å². The summed E-state index contributed by atoms with van der Waals surface area (Å²) in [7, 11) is 0. The highest BCUT2D eigenvalue weighted by Gasteiger charge is 2.44. The largest absolute Gasteiger partial charge is 0.345 e. The molecule has 1 aromatic carbocycles. The Hall–Kier alpha value is -2.41. The molecule has 0 aliphatic heterocycles. The van der Waals surface area contributed by atoms with Crippen LogP contribution in [0.15, 0.2) is 42.7 Å². The summed E-state index contributed by atoms with van der Waals surface area (Å²) in [4.78, 5) is 8.31. The molecule has 0 amide bonds. The number of rotatable bonds is 3. The van der Waals surface area contributed by atoms with Crippen LogP contribution in [0.2, 0.25) is 0 Å². The van der Waals surface area contributed by atoms with Gasteiger partial charge in [-0.15, -0.1) is 0 Å². The van der Waals surface area contributed by atoms with Crippen molar-refractivity contribution in [3.8, 4) is 6.07 Å². The van der Waals surface area contributed by atoms with E-state index in [1.54, 1.807) is 0 Å². The van der Waals surface area contributed by atoms with Crippen molar-refractivity contribution >= 4 is 5.95 Å². The Labute approximate surface area is 105 Å². The molecular weight excluding hydrogens is 224 g/mol. The topological polar surface area (TPSA) is 61.6 Å². The van der Waals surface area contributed by atoms with Crippen LogP contribution < -0.4 is 5.32 Å². The zero-order valence-corrected chi connectivity index (χ0v) is 9.80. The summed E-state index contributed by atoms with van der Waals surface area (Å²) in [6.45, 7) is 0. The van der Waals surface area contributed by atoms with Gasteiger partial charge in [0.2, 0.25) is 5.95 Å². The SMILES string of the molecule is N#Cc1cnc(NC2(c3ccccc3)CC2)nc1. The Balaban J connectivity index is 1.82. The van der Waals surface area contributed by atoms with Crippen molar-refractivity contribution in [1.29, 1.82) is 5.26 Å². The predicted molar refractivity (Wildman–Crippen MR) is 67.7 cm³/mol. The normalized spacial score (nSPS) is 15.7. The number of nitrogens with zero attached hydrogens (tertiary/aromatic N) is 3. The molecule has 0 bridgehead atoms. The van der Waals surface area contributed by atoms with Crippen molar-refractivity contribution in [3.05, 3.63) is 53.9 Å². The third-order valence-electron chi connectivity index (χ3n) is 3.21. The fourth-order valence-corrected chi connectivity index (χ4v) is 2.03. The molecule has 1 aliphatic carbocycles. The first-order valence-electron chi connectivity index (χ1n) is 5.88. The molecule has 0 spiro atoms. The molecular formula is C14H12N4. The van der Waals surface area contributed by atoms with E-state index in [-0.39, 0.29) is 5.54 Å². The van der Waals surface area contributed by atoms with Crippen molar-refractivity contribution in [2.24, 2.45) is 0 Å². The number of benzene rings is 1. The van der Waals surface area contributed by atoms with Crippen LogP contribution in [-0.2, 0) is 5.54 Å². The molecule has 18 heavy (non-hydrogen) atoms. The zero-order chi connectivity index (χ0) is 12.4. The maximum Gasteiger partial charge on any atom is 0.223 e. The van der Waals surface area contributed by atoms with Gasteiger partial charge in [0.05, 0.1) is 23.5 Å². The molecule has 1 N–H and O–H groups in total. The molecule has 0 unspecified atom stereocenters. The van der Waals surface area contributed by atoms with E-state index in [4.69, 9.17) is 5.26 Å². The van der Waals surface area contributed by atoms with E-state index in [9.17, 15) is 0 Å². The standard InChI is InChI=1S/C14H12N4/c15-8-11-9-16-13(17-10-11)18-14(6-7-14)12-4-2-1-3-5-12/h1-5,9-10H,6-7H2,(H,16,17,18). The van der Waals surface area contributed by atoms with Crippen molar-refractivity contribution in [1.82, 2.24) is 9.97 Å². The maximum absolute atomic E-state index is 8.70. The second-order valence-corrected chi connectivity index (χ2v) is 4.48. The van der Waals surface area contributed by atoms with E-state index in [2.05, 4.69) is 27.4 Å². The zero-order valence-electron chi connectivity index (χ0n) is 9.80. The van der Waals surface area contributed by atoms with Crippen molar-refractivity contribution in [2.75, 3.05) is 5.32 Å². The molecule has 0 atom stereocenters. The summed E-state index contributed by atoms with van der Waals surface area (Å²) >= 11 is 0. The highest BCUT2D eigenvalue weighted by Crippen LogP contribution is 2.47. The molecule has 4 nitrogen and oxygen atoms in total. The Morgan fingerprint density at radius 1 is 1.11 bits per heavy atom. The third-order valence-corrected chi connectivity index (χ3v) is 3.21. The van der Waals surface area contributed by atoms with Gasteiger partial charge in [0.25, 0.3) is 0 Å². The van der Waals surface area contributed by atoms with Crippen LogP contribution in [-0.4, -0.2) is 9.97 Å². The van der Waals surface area contributed by atoms with Gasteiger partial charge < -0.3 is 5.32 Å². The van der Waals surface area contributed by atoms with Gasteiger partial charge >= 0.3 is 0 Å². The average Bonchev–Trinajstić information content (AvgIpc) is 3.22. The lowest BCUT2D eigenvalue weighted by atomic mass is 10.1. The molecule has 1 heterocycles. The minimum atomic E-state index is -0.0184. The van der Waals surface area contributed by atoms with Crippen molar-refractivity contribution in [2.45, 2.75) is 18.4 Å². The summed E-state index contributed by atoms with van der Waals surface area (Å²) in [5, 5.41) is 12.1.